The van der Waals surface area contributed by atoms with Crippen LogP contribution in [-0.2, 0) is 9.31 Å². The maximum Gasteiger partial charge on any atom is 0.495 e. The van der Waals surface area contributed by atoms with Gasteiger partial charge in [0.15, 0.2) is 11.5 Å². The third-order valence-electron chi connectivity index (χ3n) is 6.16. The fourth-order valence-electron chi connectivity index (χ4n) is 3.74. The Kier molecular flexibility index (Phi) is 4.31. The summed E-state index contributed by atoms with van der Waals surface area (Å²) in [6, 6.07) is 22.4. The predicted octanol–water partition coefficient (Wildman–Crippen LogP) is 4.36. The van der Waals surface area contributed by atoms with Crippen LogP contribution in [0.25, 0.3) is 28.2 Å². The molecule has 1 fully saturated rings. The number of fused-ring (bicyclic) bond motifs is 1. The molecule has 0 N–H and O–H groups in total. The van der Waals surface area contributed by atoms with Crippen molar-refractivity contribution < 1.29 is 9.31 Å². The molecule has 150 valence electrons. The fourth-order valence-corrected chi connectivity index (χ4v) is 3.74. The van der Waals surface area contributed by atoms with E-state index in [9.17, 15) is 0 Å². The third-order valence-corrected chi connectivity index (χ3v) is 6.16. The van der Waals surface area contributed by atoms with E-state index in [1.807, 2.05) is 59.2 Å². The molecule has 5 nitrogen and oxygen atoms in total. The second-order valence-electron chi connectivity index (χ2n) is 8.67. The van der Waals surface area contributed by atoms with E-state index in [0.717, 1.165) is 27.8 Å². The van der Waals surface area contributed by atoms with Crippen molar-refractivity contribution in [3.63, 3.8) is 0 Å². The molecular weight excluding hydrogens is 373 g/mol. The zero-order chi connectivity index (χ0) is 20.9. The van der Waals surface area contributed by atoms with Crippen LogP contribution in [0.5, 0.6) is 0 Å². The molecule has 6 heteroatoms. The van der Waals surface area contributed by atoms with Crippen LogP contribution in [0.1, 0.15) is 27.7 Å². The molecule has 0 amide bonds. The Balaban J connectivity index is 1.61. The van der Waals surface area contributed by atoms with E-state index in [4.69, 9.17) is 19.4 Å². The Morgan fingerprint density at radius 2 is 1.40 bits per heavy atom. The lowest BCUT2D eigenvalue weighted by Gasteiger charge is -2.32. The average Bonchev–Trinajstić information content (AvgIpc) is 3.26. The quantitative estimate of drug-likeness (QED) is 0.482. The Labute approximate surface area is 176 Å². The second kappa shape index (κ2) is 6.79. The van der Waals surface area contributed by atoms with Gasteiger partial charge < -0.3 is 9.31 Å². The lowest BCUT2D eigenvalue weighted by atomic mass is 9.76. The number of pyridine rings is 1. The molecule has 2 aromatic carbocycles. The predicted molar refractivity (Wildman–Crippen MR) is 120 cm³/mol. The molecule has 0 unspecified atom stereocenters. The molecule has 0 atom stereocenters. The molecule has 4 aromatic rings. The number of rotatable bonds is 3. The van der Waals surface area contributed by atoms with Crippen molar-refractivity contribution in [2.24, 2.45) is 0 Å². The highest BCUT2D eigenvalue weighted by molar-refractivity contribution is 6.63. The highest BCUT2D eigenvalue weighted by Gasteiger charge is 2.52. The first-order chi connectivity index (χ1) is 14.4. The summed E-state index contributed by atoms with van der Waals surface area (Å²) < 4.78 is 14.4. The van der Waals surface area contributed by atoms with E-state index >= 15 is 0 Å². The molecule has 0 aliphatic carbocycles. The van der Waals surface area contributed by atoms with Gasteiger partial charge in [0.25, 0.3) is 0 Å². The van der Waals surface area contributed by atoms with Crippen LogP contribution in [0.15, 0.2) is 72.9 Å². The molecule has 1 saturated heterocycles. The maximum absolute atomic E-state index is 6.29. The standard InChI is InChI=1S/C24H24BN3O2/c1-23(2)24(3,4)30-25(29-23)20-15-9-8-13-19(20)21-26-22-18(14-10-16-28(22)27-21)17-11-6-5-7-12-17/h5-16H,1-4H3. The highest BCUT2D eigenvalue weighted by atomic mass is 16.7. The van der Waals surface area contributed by atoms with Crippen LogP contribution in [0.2, 0.25) is 0 Å². The number of aromatic nitrogens is 3. The van der Waals surface area contributed by atoms with Crippen molar-refractivity contribution in [1.82, 2.24) is 14.6 Å². The Morgan fingerprint density at radius 3 is 2.13 bits per heavy atom. The van der Waals surface area contributed by atoms with Crippen LogP contribution >= 0.6 is 0 Å². The van der Waals surface area contributed by atoms with E-state index < -0.39 is 18.3 Å². The minimum absolute atomic E-state index is 0.405. The van der Waals surface area contributed by atoms with E-state index in [1.54, 1.807) is 0 Å². The van der Waals surface area contributed by atoms with E-state index in [-0.39, 0.29) is 0 Å². The molecule has 0 bridgehead atoms. The SMILES string of the molecule is CC1(C)OB(c2ccccc2-c2nc3c(-c4ccccc4)cccn3n2)OC1(C)C. The van der Waals surface area contributed by atoms with Crippen LogP contribution in [-0.4, -0.2) is 32.9 Å². The van der Waals surface area contributed by atoms with Crippen molar-refractivity contribution >= 4 is 18.2 Å². The van der Waals surface area contributed by atoms with E-state index in [2.05, 4.69) is 45.9 Å². The van der Waals surface area contributed by atoms with E-state index in [1.165, 1.54) is 0 Å². The third kappa shape index (κ3) is 3.04. The molecule has 3 heterocycles. The summed E-state index contributed by atoms with van der Waals surface area (Å²) in [6.07, 6.45) is 1.93. The van der Waals surface area contributed by atoms with Crippen molar-refractivity contribution in [1.29, 1.82) is 0 Å². The topological polar surface area (TPSA) is 48.7 Å². The normalized spacial score (nSPS) is 17.5. The molecular formula is C24H24BN3O2. The van der Waals surface area contributed by atoms with Gasteiger partial charge in [-0.1, -0.05) is 54.6 Å². The van der Waals surface area contributed by atoms with Gasteiger partial charge in [0.05, 0.1) is 11.2 Å². The summed E-state index contributed by atoms with van der Waals surface area (Å²) in [5.41, 5.74) is 4.02. The Bertz CT molecular complexity index is 1200. The van der Waals surface area contributed by atoms with Crippen LogP contribution in [0.4, 0.5) is 0 Å². The van der Waals surface area contributed by atoms with Crippen molar-refractivity contribution in [3.8, 4) is 22.5 Å². The highest BCUT2D eigenvalue weighted by Crippen LogP contribution is 2.37. The zero-order valence-electron chi connectivity index (χ0n) is 17.7. The van der Waals surface area contributed by atoms with Crippen molar-refractivity contribution in [2.75, 3.05) is 0 Å². The lowest BCUT2D eigenvalue weighted by molar-refractivity contribution is 0.00578. The molecule has 0 saturated carbocycles. The second-order valence-corrected chi connectivity index (χ2v) is 8.67. The zero-order valence-corrected chi connectivity index (χ0v) is 17.7. The molecule has 1 aliphatic rings. The first-order valence-electron chi connectivity index (χ1n) is 10.2. The summed E-state index contributed by atoms with van der Waals surface area (Å²) in [5, 5.41) is 4.77. The number of benzene rings is 2. The lowest BCUT2D eigenvalue weighted by Crippen LogP contribution is -2.41. The van der Waals surface area contributed by atoms with Gasteiger partial charge in [0, 0.05) is 17.3 Å². The van der Waals surface area contributed by atoms with Crippen LogP contribution in [0.3, 0.4) is 0 Å². The van der Waals surface area contributed by atoms with Gasteiger partial charge >= 0.3 is 7.12 Å². The minimum atomic E-state index is -0.466. The van der Waals surface area contributed by atoms with Crippen molar-refractivity contribution in [2.45, 2.75) is 38.9 Å². The summed E-state index contributed by atoms with van der Waals surface area (Å²) in [7, 11) is -0.466. The van der Waals surface area contributed by atoms with Gasteiger partial charge in [0.2, 0.25) is 0 Å². The molecule has 2 aromatic heterocycles. The first kappa shape index (κ1) is 19.0. The van der Waals surface area contributed by atoms with Gasteiger partial charge in [-0.3, -0.25) is 0 Å². The monoisotopic (exact) mass is 397 g/mol. The molecule has 1 aliphatic heterocycles. The van der Waals surface area contributed by atoms with Crippen LogP contribution in [0, 0.1) is 0 Å². The summed E-state index contributed by atoms with van der Waals surface area (Å²) >= 11 is 0. The summed E-state index contributed by atoms with van der Waals surface area (Å²) in [6.45, 7) is 8.24. The maximum atomic E-state index is 6.29. The first-order valence-corrected chi connectivity index (χ1v) is 10.2. The number of nitrogens with zero attached hydrogens (tertiary/aromatic N) is 3. The molecule has 0 radical (unpaired) electrons. The Morgan fingerprint density at radius 1 is 0.767 bits per heavy atom. The van der Waals surface area contributed by atoms with E-state index in [0.29, 0.717) is 5.82 Å². The van der Waals surface area contributed by atoms with Crippen molar-refractivity contribution in [3.05, 3.63) is 72.9 Å². The largest absolute Gasteiger partial charge is 0.495 e. The van der Waals surface area contributed by atoms with Gasteiger partial charge in [-0.05, 0) is 50.9 Å². The minimum Gasteiger partial charge on any atom is -0.399 e. The number of hydrogen-bond acceptors (Lipinski definition) is 4. The fraction of sp³-hybridized carbons (Fsp3) is 0.250. The van der Waals surface area contributed by atoms with Gasteiger partial charge in [-0.2, -0.15) is 0 Å². The van der Waals surface area contributed by atoms with Crippen LogP contribution < -0.4 is 5.46 Å². The van der Waals surface area contributed by atoms with Gasteiger partial charge in [-0.15, -0.1) is 5.10 Å². The van der Waals surface area contributed by atoms with Gasteiger partial charge in [0.1, 0.15) is 0 Å². The Hall–Kier alpha value is -2.96. The van der Waals surface area contributed by atoms with Gasteiger partial charge in [-0.25, -0.2) is 9.50 Å². The molecule has 0 spiro atoms. The average molecular weight is 397 g/mol. The smallest absolute Gasteiger partial charge is 0.399 e. The number of hydrogen-bond donors (Lipinski definition) is 0. The molecule has 30 heavy (non-hydrogen) atoms. The summed E-state index contributed by atoms with van der Waals surface area (Å²) in [5.74, 6) is 0.656. The molecule has 5 rings (SSSR count). The summed E-state index contributed by atoms with van der Waals surface area (Å²) in [4.78, 5) is 4.90.